The van der Waals surface area contributed by atoms with Crippen LogP contribution in [0, 0.1) is 0 Å². The number of hydrogen-bond donors (Lipinski definition) is 1. The molecule has 2 N–H and O–H groups in total. The van der Waals surface area contributed by atoms with Crippen LogP contribution in [-0.4, -0.2) is 71.9 Å². The Hall–Kier alpha value is 0.200. The maximum Gasteiger partial charge on any atom is 1.00 e. The van der Waals surface area contributed by atoms with Gasteiger partial charge in [0.1, 0.15) is 6.04 Å². The second-order valence-electron chi connectivity index (χ2n) is 4.39. The van der Waals surface area contributed by atoms with Crippen molar-refractivity contribution >= 4 is 28.6 Å². The predicted octanol–water partition coefficient (Wildman–Crippen LogP) is -8.36. The summed E-state index contributed by atoms with van der Waals surface area (Å²) in [6.07, 6.45) is 1.91. The zero-order valence-electron chi connectivity index (χ0n) is 13.0. The molecule has 126 valence electrons. The van der Waals surface area contributed by atoms with Crippen molar-refractivity contribution in [2.24, 2.45) is 0 Å². The first-order valence-corrected chi connectivity index (χ1v) is 7.18. The third-order valence-electron chi connectivity index (χ3n) is 3.10. The molecule has 24 heavy (non-hydrogen) atoms. The standard InChI is InChI=1S/C9H12N3O8S.2Na.H2O/c13-3-4-19-10-8(14)7-2-1-6-5-11(7)9(15)12(6)20-21(16,17)18;;;/h6-7H,1-2,4-5H2,(H,10,14)(H,16,17,18);;;1H2/q-1;2*+1;/p-2/t6-,7+;;;/m1.../s1. The second-order valence-corrected chi connectivity index (χ2v) is 5.36. The van der Waals surface area contributed by atoms with Crippen LogP contribution in [0.4, 0.5) is 4.79 Å². The Labute approximate surface area is 181 Å². The summed E-state index contributed by atoms with van der Waals surface area (Å²) in [5.74, 6) is -0.663. The predicted molar refractivity (Wildman–Crippen MR) is 63.3 cm³/mol. The van der Waals surface area contributed by atoms with Crippen LogP contribution in [0.5, 0.6) is 0 Å². The average molecular weight is 384 g/mol. The number of amides is 3. The largest absolute Gasteiger partial charge is 1.00 e. The molecule has 0 radical (unpaired) electrons. The van der Waals surface area contributed by atoms with E-state index in [0.29, 0.717) is 5.06 Å². The van der Waals surface area contributed by atoms with Gasteiger partial charge in [0.05, 0.1) is 6.04 Å². The van der Waals surface area contributed by atoms with Crippen molar-refractivity contribution in [1.29, 1.82) is 0 Å². The molecular weight excluding hydrogens is 372 g/mol. The molecule has 15 heteroatoms. The van der Waals surface area contributed by atoms with Gasteiger partial charge in [-0.15, -0.1) is 0 Å². The van der Waals surface area contributed by atoms with Crippen LogP contribution in [0.1, 0.15) is 12.8 Å². The molecule has 2 aliphatic heterocycles. The van der Waals surface area contributed by atoms with E-state index in [1.54, 1.807) is 0 Å². The fraction of sp³-hybridized carbons (Fsp3) is 0.667. The molecule has 0 spiro atoms. The molecule has 2 aliphatic rings. The van der Waals surface area contributed by atoms with Gasteiger partial charge >= 0.3 is 65.1 Å². The zero-order valence-corrected chi connectivity index (χ0v) is 17.8. The van der Waals surface area contributed by atoms with Crippen molar-refractivity contribution < 1.29 is 101 Å². The number of hydrogen-bond acceptors (Lipinski definition) is 9. The Morgan fingerprint density at radius 2 is 2.00 bits per heavy atom. The van der Waals surface area contributed by atoms with Gasteiger partial charge in [-0.2, -0.15) is 9.35 Å². The van der Waals surface area contributed by atoms with Gasteiger partial charge in [-0.25, -0.2) is 25.0 Å². The van der Waals surface area contributed by atoms with Gasteiger partial charge in [0.25, 0.3) is 5.91 Å². The number of fused-ring (bicyclic) bond motifs is 2. The van der Waals surface area contributed by atoms with Crippen molar-refractivity contribution in [2.75, 3.05) is 13.2 Å². The Morgan fingerprint density at radius 3 is 2.54 bits per heavy atom. The monoisotopic (exact) mass is 384 g/mol. The van der Waals surface area contributed by atoms with Gasteiger partial charge < -0.3 is 24.6 Å². The van der Waals surface area contributed by atoms with E-state index in [4.69, 9.17) is 0 Å². The summed E-state index contributed by atoms with van der Waals surface area (Å²) in [5, 5.41) is 0.468. The molecular formula is C9H12N3Na2O9S-. The summed E-state index contributed by atoms with van der Waals surface area (Å²) in [6, 6.07) is -2.41. The fourth-order valence-electron chi connectivity index (χ4n) is 2.31. The van der Waals surface area contributed by atoms with E-state index >= 15 is 0 Å². The third kappa shape index (κ3) is 6.49. The maximum atomic E-state index is 11.9. The molecule has 2 atom stereocenters. The van der Waals surface area contributed by atoms with Crippen molar-refractivity contribution in [3.05, 3.63) is 0 Å². The summed E-state index contributed by atoms with van der Waals surface area (Å²) in [5.41, 5.74) is 1.99. The van der Waals surface area contributed by atoms with Crippen molar-refractivity contribution in [3.8, 4) is 0 Å². The van der Waals surface area contributed by atoms with Gasteiger partial charge in [-0.05, 0) is 19.4 Å². The Kier molecular flexibility index (Phi) is 12.1. The number of nitrogens with one attached hydrogen (secondary N) is 1. The van der Waals surface area contributed by atoms with E-state index in [9.17, 15) is 27.4 Å². The first-order valence-electron chi connectivity index (χ1n) is 5.85. The number of piperidine rings is 1. The van der Waals surface area contributed by atoms with Crippen molar-refractivity contribution in [3.63, 3.8) is 0 Å². The first kappa shape index (κ1) is 26.4. The molecule has 0 aromatic heterocycles. The van der Waals surface area contributed by atoms with Gasteiger partial charge in [0.15, 0.2) is 0 Å². The quantitative estimate of drug-likeness (QED) is 0.116. The minimum absolute atomic E-state index is 0. The summed E-state index contributed by atoms with van der Waals surface area (Å²) in [6.45, 7) is -0.412. The van der Waals surface area contributed by atoms with Crippen LogP contribution in [0.25, 0.3) is 0 Å². The van der Waals surface area contributed by atoms with E-state index in [1.807, 2.05) is 5.48 Å². The number of nitrogens with zero attached hydrogens (tertiary/aromatic N) is 2. The molecule has 2 fully saturated rings. The molecule has 2 rings (SSSR count). The van der Waals surface area contributed by atoms with E-state index in [0.717, 1.165) is 4.90 Å². The van der Waals surface area contributed by atoms with Gasteiger partial charge in [-0.1, -0.05) is 0 Å². The average Bonchev–Trinajstić information content (AvgIpc) is 2.63. The van der Waals surface area contributed by atoms with Crippen LogP contribution in [-0.2, 0) is 29.1 Å². The molecule has 2 heterocycles. The van der Waals surface area contributed by atoms with Gasteiger partial charge in [-0.3, -0.25) is 4.79 Å². The summed E-state index contributed by atoms with van der Waals surface area (Å²) in [7, 11) is -5.07. The molecule has 0 unspecified atom stereocenters. The van der Waals surface area contributed by atoms with Crippen LogP contribution < -0.4 is 64.6 Å². The number of carbonyl (C=O) groups is 2. The minimum atomic E-state index is -5.07. The summed E-state index contributed by atoms with van der Waals surface area (Å²) >= 11 is 0. The number of urea groups is 1. The van der Waals surface area contributed by atoms with Gasteiger partial charge in [0, 0.05) is 6.54 Å². The second kappa shape index (κ2) is 11.0. The van der Waals surface area contributed by atoms with Gasteiger partial charge in [0.2, 0.25) is 10.4 Å². The Bertz CT molecular complexity index is 560. The van der Waals surface area contributed by atoms with E-state index in [1.165, 1.54) is 6.29 Å². The Balaban J connectivity index is 0. The topological polar surface area (TPSA) is 175 Å². The van der Waals surface area contributed by atoms with E-state index in [-0.39, 0.29) is 84.0 Å². The molecule has 0 aromatic carbocycles. The van der Waals surface area contributed by atoms with Crippen LogP contribution in [0.3, 0.4) is 0 Å². The van der Waals surface area contributed by atoms with E-state index in [2.05, 4.69) is 9.12 Å². The molecule has 0 aliphatic carbocycles. The Morgan fingerprint density at radius 1 is 1.38 bits per heavy atom. The first-order chi connectivity index (χ1) is 9.83. The number of rotatable bonds is 6. The molecule has 0 saturated carbocycles. The molecule has 0 aromatic rings. The molecule has 2 bridgehead atoms. The van der Waals surface area contributed by atoms with Crippen LogP contribution in [0.2, 0.25) is 0 Å². The summed E-state index contributed by atoms with van der Waals surface area (Å²) < 4.78 is 35.9. The number of hydroxylamine groups is 3. The normalized spacial score (nSPS) is 22.0. The smallest absolute Gasteiger partial charge is 0.870 e. The van der Waals surface area contributed by atoms with Crippen LogP contribution >= 0.6 is 0 Å². The van der Waals surface area contributed by atoms with Crippen molar-refractivity contribution in [1.82, 2.24) is 15.4 Å². The van der Waals surface area contributed by atoms with Crippen LogP contribution in [0.15, 0.2) is 0 Å². The van der Waals surface area contributed by atoms with Crippen molar-refractivity contribution in [2.45, 2.75) is 24.9 Å². The third-order valence-corrected chi connectivity index (χ3v) is 3.44. The fourth-order valence-corrected chi connectivity index (χ4v) is 2.69. The number of carbonyl (C=O) groups excluding carboxylic acids is 3. The zero-order chi connectivity index (χ0) is 15.6. The minimum Gasteiger partial charge on any atom is -0.870 e. The maximum absolute atomic E-state index is 11.9. The molecule has 12 nitrogen and oxygen atoms in total. The SMILES string of the molecule is O=[C-]CONC(=O)[C@@H]1CC[C@@H]2CN1C(=O)N2OS(=O)(=O)[O-].[Na+].[Na+].[OH-]. The van der Waals surface area contributed by atoms with E-state index < -0.39 is 41.0 Å². The molecule has 3 amide bonds. The molecule has 2 saturated heterocycles. The summed E-state index contributed by atoms with van der Waals surface area (Å²) in [4.78, 5) is 39.3.